The molecule has 2 aromatic heterocycles. The second-order valence-electron chi connectivity index (χ2n) is 4.85. The minimum atomic E-state index is 0.715. The summed E-state index contributed by atoms with van der Waals surface area (Å²) in [6, 6.07) is 1.84. The van der Waals surface area contributed by atoms with Gasteiger partial charge in [0.05, 0.1) is 6.54 Å². The van der Waals surface area contributed by atoms with Gasteiger partial charge in [-0.25, -0.2) is 15.0 Å². The summed E-state index contributed by atoms with van der Waals surface area (Å²) in [6.45, 7) is 4.29. The highest BCUT2D eigenvalue weighted by Gasteiger charge is 2.20. The third-order valence-corrected chi connectivity index (χ3v) is 4.29. The van der Waals surface area contributed by atoms with Crippen LogP contribution < -0.4 is 10.2 Å². The first-order valence-electron chi connectivity index (χ1n) is 7.23. The Morgan fingerprint density at radius 3 is 2.59 bits per heavy atom. The zero-order valence-electron chi connectivity index (χ0n) is 12.5. The van der Waals surface area contributed by atoms with Crippen molar-refractivity contribution >= 4 is 23.2 Å². The van der Waals surface area contributed by atoms with Gasteiger partial charge in [-0.3, -0.25) is 4.99 Å². The standard InChI is InChI=1S/C14H19N7S/c1-15-13(19-11-12-16-5-10-22-12)20-6-8-21(9-7-20)14-17-3-2-4-18-14/h2-5,10H,6-9,11H2,1H3,(H,15,19). The molecule has 1 N–H and O–H groups in total. The number of hydrogen-bond donors (Lipinski definition) is 1. The second kappa shape index (κ2) is 7.17. The first-order valence-corrected chi connectivity index (χ1v) is 8.10. The van der Waals surface area contributed by atoms with Crippen LogP contribution in [-0.2, 0) is 6.54 Å². The number of guanidine groups is 1. The van der Waals surface area contributed by atoms with Crippen molar-refractivity contribution in [2.24, 2.45) is 4.99 Å². The Kier molecular flexibility index (Phi) is 4.79. The van der Waals surface area contributed by atoms with Gasteiger partial charge in [-0.2, -0.15) is 0 Å². The molecular weight excluding hydrogens is 298 g/mol. The molecule has 1 saturated heterocycles. The largest absolute Gasteiger partial charge is 0.350 e. The first-order chi connectivity index (χ1) is 10.9. The van der Waals surface area contributed by atoms with E-state index < -0.39 is 0 Å². The molecule has 2 aromatic rings. The van der Waals surface area contributed by atoms with Crippen molar-refractivity contribution in [1.29, 1.82) is 0 Å². The Balaban J connectivity index is 1.53. The summed E-state index contributed by atoms with van der Waals surface area (Å²) >= 11 is 1.65. The number of hydrogen-bond acceptors (Lipinski definition) is 6. The third-order valence-electron chi connectivity index (χ3n) is 3.51. The molecule has 0 aliphatic carbocycles. The van der Waals surface area contributed by atoms with Crippen LogP contribution in [0.1, 0.15) is 5.01 Å². The van der Waals surface area contributed by atoms with E-state index in [4.69, 9.17) is 0 Å². The van der Waals surface area contributed by atoms with E-state index in [1.165, 1.54) is 0 Å². The molecule has 3 rings (SSSR count). The Morgan fingerprint density at radius 2 is 1.95 bits per heavy atom. The van der Waals surface area contributed by atoms with Gasteiger partial charge in [-0.15, -0.1) is 11.3 Å². The van der Waals surface area contributed by atoms with Gasteiger partial charge in [-0.05, 0) is 6.07 Å². The second-order valence-corrected chi connectivity index (χ2v) is 5.83. The Morgan fingerprint density at radius 1 is 1.18 bits per heavy atom. The van der Waals surface area contributed by atoms with Crippen molar-refractivity contribution in [3.8, 4) is 0 Å². The van der Waals surface area contributed by atoms with Crippen LogP contribution >= 0.6 is 11.3 Å². The molecule has 0 amide bonds. The van der Waals surface area contributed by atoms with Crippen LogP contribution in [0.3, 0.4) is 0 Å². The maximum Gasteiger partial charge on any atom is 0.225 e. The molecule has 0 atom stereocenters. The summed E-state index contributed by atoms with van der Waals surface area (Å²) in [6.07, 6.45) is 5.38. The number of rotatable bonds is 3. The number of aromatic nitrogens is 3. The van der Waals surface area contributed by atoms with Crippen LogP contribution in [0.25, 0.3) is 0 Å². The van der Waals surface area contributed by atoms with Crippen molar-refractivity contribution in [2.75, 3.05) is 38.1 Å². The van der Waals surface area contributed by atoms with E-state index in [0.717, 1.165) is 43.1 Å². The van der Waals surface area contributed by atoms with Crippen molar-refractivity contribution in [1.82, 2.24) is 25.2 Å². The monoisotopic (exact) mass is 317 g/mol. The van der Waals surface area contributed by atoms with E-state index in [9.17, 15) is 0 Å². The van der Waals surface area contributed by atoms with E-state index in [-0.39, 0.29) is 0 Å². The molecule has 1 fully saturated rings. The normalized spacial score (nSPS) is 16.0. The van der Waals surface area contributed by atoms with Crippen molar-refractivity contribution in [3.63, 3.8) is 0 Å². The maximum atomic E-state index is 4.37. The zero-order chi connectivity index (χ0) is 15.2. The number of thiazole rings is 1. The van der Waals surface area contributed by atoms with Crippen LogP contribution in [0, 0.1) is 0 Å². The Hall–Kier alpha value is -2.22. The molecule has 1 aliphatic heterocycles. The number of nitrogens with zero attached hydrogens (tertiary/aromatic N) is 6. The molecule has 1 aliphatic rings. The van der Waals surface area contributed by atoms with Crippen LogP contribution in [0.4, 0.5) is 5.95 Å². The Labute approximate surface area is 133 Å². The fourth-order valence-electron chi connectivity index (χ4n) is 2.40. The average molecular weight is 317 g/mol. The molecule has 3 heterocycles. The minimum absolute atomic E-state index is 0.715. The molecule has 0 radical (unpaired) electrons. The van der Waals surface area contributed by atoms with Crippen molar-refractivity contribution < 1.29 is 0 Å². The van der Waals surface area contributed by atoms with E-state index >= 15 is 0 Å². The zero-order valence-corrected chi connectivity index (χ0v) is 13.3. The molecule has 22 heavy (non-hydrogen) atoms. The highest BCUT2D eigenvalue weighted by atomic mass is 32.1. The van der Waals surface area contributed by atoms with Crippen LogP contribution in [0.2, 0.25) is 0 Å². The third kappa shape index (κ3) is 3.51. The average Bonchev–Trinajstić information content (AvgIpc) is 3.10. The van der Waals surface area contributed by atoms with E-state index in [1.54, 1.807) is 23.7 Å². The highest BCUT2D eigenvalue weighted by Crippen LogP contribution is 2.10. The lowest BCUT2D eigenvalue weighted by molar-refractivity contribution is 0.370. The molecule has 8 heteroatoms. The number of anilines is 1. The SMILES string of the molecule is CN=C(NCc1nccs1)N1CCN(c2ncccn2)CC1. The minimum Gasteiger partial charge on any atom is -0.350 e. The van der Waals surface area contributed by atoms with Crippen molar-refractivity contribution in [3.05, 3.63) is 35.0 Å². The van der Waals surface area contributed by atoms with Gasteiger partial charge in [0, 0.05) is 57.2 Å². The lowest BCUT2D eigenvalue weighted by Gasteiger charge is -2.36. The van der Waals surface area contributed by atoms with E-state index in [0.29, 0.717) is 6.54 Å². The topological polar surface area (TPSA) is 69.5 Å². The molecule has 7 nitrogen and oxygen atoms in total. The lowest BCUT2D eigenvalue weighted by Crippen LogP contribution is -2.52. The highest BCUT2D eigenvalue weighted by molar-refractivity contribution is 7.09. The fraction of sp³-hybridized carbons (Fsp3) is 0.429. The predicted molar refractivity (Wildman–Crippen MR) is 88.1 cm³/mol. The molecule has 116 valence electrons. The quantitative estimate of drug-likeness (QED) is 0.668. The molecule has 0 aromatic carbocycles. The van der Waals surface area contributed by atoms with Crippen molar-refractivity contribution in [2.45, 2.75) is 6.54 Å². The molecular formula is C14H19N7S. The predicted octanol–water partition coefficient (Wildman–Crippen LogP) is 0.831. The first kappa shape index (κ1) is 14.7. The molecule has 0 spiro atoms. The van der Waals surface area contributed by atoms with Crippen LogP contribution in [-0.4, -0.2) is 59.0 Å². The number of nitrogens with one attached hydrogen (secondary N) is 1. The summed E-state index contributed by atoms with van der Waals surface area (Å²) in [5, 5.41) is 6.42. The van der Waals surface area contributed by atoms with Gasteiger partial charge in [-0.1, -0.05) is 0 Å². The molecule has 0 saturated carbocycles. The number of aliphatic imine (C=N–C) groups is 1. The summed E-state index contributed by atoms with van der Waals surface area (Å²) < 4.78 is 0. The lowest BCUT2D eigenvalue weighted by atomic mass is 10.3. The van der Waals surface area contributed by atoms with E-state index in [1.807, 2.05) is 24.7 Å². The number of piperazine rings is 1. The van der Waals surface area contributed by atoms with Gasteiger partial charge < -0.3 is 15.1 Å². The maximum absolute atomic E-state index is 4.37. The fourth-order valence-corrected chi connectivity index (χ4v) is 2.96. The van der Waals surface area contributed by atoms with Crippen LogP contribution in [0.15, 0.2) is 35.0 Å². The van der Waals surface area contributed by atoms with Gasteiger partial charge in [0.2, 0.25) is 5.95 Å². The summed E-state index contributed by atoms with van der Waals surface area (Å²) in [5.41, 5.74) is 0. The van der Waals surface area contributed by atoms with Gasteiger partial charge in [0.15, 0.2) is 5.96 Å². The van der Waals surface area contributed by atoms with Gasteiger partial charge in [0.1, 0.15) is 5.01 Å². The Bertz CT molecular complexity index is 591. The smallest absolute Gasteiger partial charge is 0.225 e. The summed E-state index contributed by atoms with van der Waals surface area (Å²) in [4.78, 5) is 21.7. The van der Waals surface area contributed by atoms with Gasteiger partial charge >= 0.3 is 0 Å². The van der Waals surface area contributed by atoms with Crippen LogP contribution in [0.5, 0.6) is 0 Å². The van der Waals surface area contributed by atoms with Gasteiger partial charge in [0.25, 0.3) is 0 Å². The summed E-state index contributed by atoms with van der Waals surface area (Å²) in [5.74, 6) is 1.72. The van der Waals surface area contributed by atoms with E-state index in [2.05, 4.69) is 35.1 Å². The summed E-state index contributed by atoms with van der Waals surface area (Å²) in [7, 11) is 1.82. The molecule has 0 bridgehead atoms. The molecule has 0 unspecified atom stereocenters.